The summed E-state index contributed by atoms with van der Waals surface area (Å²) in [5.74, 6) is 0.925. The normalized spacial score (nSPS) is 14.7. The van der Waals surface area contributed by atoms with Crippen LogP contribution in [0.2, 0.25) is 0 Å². The summed E-state index contributed by atoms with van der Waals surface area (Å²) in [6.07, 6.45) is 3.99. The van der Waals surface area contributed by atoms with Crippen molar-refractivity contribution >= 4 is 17.0 Å². The maximum Gasteiger partial charge on any atom is 0.0931 e. The monoisotopic (exact) mass is 258 g/mol. The quantitative estimate of drug-likeness (QED) is 0.876. The minimum Gasteiger partial charge on any atom is -0.379 e. The van der Waals surface area contributed by atoms with E-state index >= 15 is 0 Å². The molecule has 0 spiro atoms. The second-order valence-electron chi connectivity index (χ2n) is 5.10. The van der Waals surface area contributed by atoms with Gasteiger partial charge in [-0.05, 0) is 37.8 Å². The predicted octanol–water partition coefficient (Wildman–Crippen LogP) is 4.02. The van der Waals surface area contributed by atoms with Gasteiger partial charge in [0.25, 0.3) is 0 Å². The Labute approximate surface area is 112 Å². The van der Waals surface area contributed by atoms with Crippen LogP contribution in [0.15, 0.2) is 29.6 Å². The highest BCUT2D eigenvalue weighted by molar-refractivity contribution is 7.09. The molecule has 2 nitrogen and oxygen atoms in total. The Bertz CT molecular complexity index is 512. The number of rotatable bonds is 5. The van der Waals surface area contributed by atoms with E-state index in [1.165, 1.54) is 29.8 Å². The topological polar surface area (TPSA) is 24.9 Å². The van der Waals surface area contributed by atoms with Gasteiger partial charge in [0.15, 0.2) is 0 Å². The van der Waals surface area contributed by atoms with Gasteiger partial charge in [0.2, 0.25) is 0 Å². The molecule has 18 heavy (non-hydrogen) atoms. The summed E-state index contributed by atoms with van der Waals surface area (Å²) in [6.45, 7) is 2.93. The van der Waals surface area contributed by atoms with Gasteiger partial charge in [0, 0.05) is 17.5 Å². The van der Waals surface area contributed by atoms with E-state index in [4.69, 9.17) is 0 Å². The number of benzene rings is 1. The summed E-state index contributed by atoms with van der Waals surface area (Å²) < 4.78 is 0. The molecule has 1 aliphatic carbocycles. The molecule has 1 aliphatic rings. The molecule has 1 saturated carbocycles. The number of nitrogens with one attached hydrogen (secondary N) is 1. The van der Waals surface area contributed by atoms with Gasteiger partial charge in [0.05, 0.1) is 17.2 Å². The van der Waals surface area contributed by atoms with Crippen LogP contribution in [0.5, 0.6) is 0 Å². The fourth-order valence-electron chi connectivity index (χ4n) is 1.96. The summed E-state index contributed by atoms with van der Waals surface area (Å²) >= 11 is 1.80. The molecule has 94 valence electrons. The van der Waals surface area contributed by atoms with E-state index in [0.29, 0.717) is 0 Å². The van der Waals surface area contributed by atoms with Gasteiger partial charge >= 0.3 is 0 Å². The predicted molar refractivity (Wildman–Crippen MR) is 77.0 cm³/mol. The molecule has 1 N–H and O–H groups in total. The van der Waals surface area contributed by atoms with E-state index in [-0.39, 0.29) is 0 Å². The Hall–Kier alpha value is -1.35. The first-order chi connectivity index (χ1) is 8.79. The highest BCUT2D eigenvalue weighted by Gasteiger charge is 2.22. The van der Waals surface area contributed by atoms with Crippen LogP contribution in [-0.2, 0) is 13.0 Å². The van der Waals surface area contributed by atoms with E-state index in [1.54, 1.807) is 11.3 Å². The third-order valence-electron chi connectivity index (χ3n) is 3.28. The Kier molecular flexibility index (Phi) is 3.33. The minimum atomic E-state index is 0.824. The van der Waals surface area contributed by atoms with Gasteiger partial charge in [0.1, 0.15) is 0 Å². The number of aromatic nitrogens is 1. The molecular formula is C15H18N2S. The molecule has 1 fully saturated rings. The summed E-state index contributed by atoms with van der Waals surface area (Å²) in [4.78, 5) is 4.68. The number of aryl methyl sites for hydroxylation is 1. The Balaban J connectivity index is 1.55. The van der Waals surface area contributed by atoms with Crippen molar-refractivity contribution in [3.63, 3.8) is 0 Å². The van der Waals surface area contributed by atoms with Crippen LogP contribution >= 0.6 is 11.3 Å². The molecule has 0 atom stereocenters. The van der Waals surface area contributed by atoms with Crippen LogP contribution in [-0.4, -0.2) is 4.98 Å². The average molecular weight is 258 g/mol. The maximum atomic E-state index is 4.68. The standard InChI is InChI=1S/C15H18N2S/c1-11-2-6-13(7-3-11)16-9-14-10-18-15(17-14)8-12-4-5-12/h2-3,6-7,10,12,16H,4-5,8-9H2,1H3. The fourth-order valence-corrected chi connectivity index (χ4v) is 2.87. The molecule has 0 radical (unpaired) electrons. The van der Waals surface area contributed by atoms with E-state index in [2.05, 4.69) is 46.9 Å². The summed E-state index contributed by atoms with van der Waals surface area (Å²) in [5.41, 5.74) is 3.62. The molecule has 0 amide bonds. The SMILES string of the molecule is Cc1ccc(NCc2csc(CC3CC3)n2)cc1. The van der Waals surface area contributed by atoms with Crippen molar-refractivity contribution in [1.29, 1.82) is 0 Å². The van der Waals surface area contributed by atoms with Crippen LogP contribution in [0.1, 0.15) is 29.1 Å². The summed E-state index contributed by atoms with van der Waals surface area (Å²) in [7, 11) is 0. The minimum absolute atomic E-state index is 0.824. The molecule has 3 heteroatoms. The molecule has 0 unspecified atom stereocenters. The summed E-state index contributed by atoms with van der Waals surface area (Å²) in [5, 5.41) is 6.90. The first-order valence-corrected chi connectivity index (χ1v) is 7.41. The molecular weight excluding hydrogens is 240 g/mol. The van der Waals surface area contributed by atoms with E-state index in [0.717, 1.165) is 23.8 Å². The Morgan fingerprint density at radius 2 is 2.06 bits per heavy atom. The lowest BCUT2D eigenvalue weighted by Gasteiger charge is -2.04. The zero-order valence-electron chi connectivity index (χ0n) is 10.6. The smallest absolute Gasteiger partial charge is 0.0931 e. The average Bonchev–Trinajstić information content (AvgIpc) is 3.07. The number of thiazole rings is 1. The van der Waals surface area contributed by atoms with Gasteiger partial charge in [-0.25, -0.2) is 4.98 Å². The Morgan fingerprint density at radius 3 is 2.78 bits per heavy atom. The second-order valence-corrected chi connectivity index (χ2v) is 6.04. The highest BCUT2D eigenvalue weighted by Crippen LogP contribution is 2.33. The highest BCUT2D eigenvalue weighted by atomic mass is 32.1. The lowest BCUT2D eigenvalue weighted by atomic mass is 10.2. The molecule has 0 saturated heterocycles. The summed E-state index contributed by atoms with van der Waals surface area (Å²) in [6, 6.07) is 8.49. The lowest BCUT2D eigenvalue weighted by Crippen LogP contribution is -2.00. The van der Waals surface area contributed by atoms with E-state index < -0.39 is 0 Å². The van der Waals surface area contributed by atoms with Gasteiger partial charge in [-0.2, -0.15) is 0 Å². The Morgan fingerprint density at radius 1 is 1.28 bits per heavy atom. The van der Waals surface area contributed by atoms with Gasteiger partial charge < -0.3 is 5.32 Å². The number of nitrogens with zero attached hydrogens (tertiary/aromatic N) is 1. The van der Waals surface area contributed by atoms with Crippen molar-refractivity contribution < 1.29 is 0 Å². The van der Waals surface area contributed by atoms with Crippen molar-refractivity contribution in [3.8, 4) is 0 Å². The van der Waals surface area contributed by atoms with Crippen LogP contribution in [0.3, 0.4) is 0 Å². The number of anilines is 1. The van der Waals surface area contributed by atoms with Crippen LogP contribution in [0, 0.1) is 12.8 Å². The third kappa shape index (κ3) is 3.10. The first-order valence-electron chi connectivity index (χ1n) is 6.53. The second kappa shape index (κ2) is 5.11. The van der Waals surface area contributed by atoms with Gasteiger partial charge in [-0.15, -0.1) is 11.3 Å². The zero-order chi connectivity index (χ0) is 12.4. The van der Waals surface area contributed by atoms with E-state index in [1.807, 2.05) is 0 Å². The van der Waals surface area contributed by atoms with Crippen LogP contribution in [0.25, 0.3) is 0 Å². The molecule has 0 aliphatic heterocycles. The zero-order valence-corrected chi connectivity index (χ0v) is 11.5. The number of hydrogen-bond acceptors (Lipinski definition) is 3. The molecule has 3 rings (SSSR count). The van der Waals surface area contributed by atoms with Crippen LogP contribution < -0.4 is 5.32 Å². The maximum absolute atomic E-state index is 4.68. The van der Waals surface area contributed by atoms with Crippen molar-refractivity contribution in [2.45, 2.75) is 32.7 Å². The molecule has 2 aromatic rings. The number of hydrogen-bond donors (Lipinski definition) is 1. The van der Waals surface area contributed by atoms with Crippen LogP contribution in [0.4, 0.5) is 5.69 Å². The van der Waals surface area contributed by atoms with E-state index in [9.17, 15) is 0 Å². The third-order valence-corrected chi connectivity index (χ3v) is 4.20. The van der Waals surface area contributed by atoms with Crippen molar-refractivity contribution in [1.82, 2.24) is 4.98 Å². The van der Waals surface area contributed by atoms with Crippen molar-refractivity contribution in [2.75, 3.05) is 5.32 Å². The van der Waals surface area contributed by atoms with Gasteiger partial charge in [-0.1, -0.05) is 17.7 Å². The first kappa shape index (κ1) is 11.7. The molecule has 1 aromatic carbocycles. The van der Waals surface area contributed by atoms with Crippen molar-refractivity contribution in [2.24, 2.45) is 5.92 Å². The van der Waals surface area contributed by atoms with Gasteiger partial charge in [-0.3, -0.25) is 0 Å². The molecule has 1 aromatic heterocycles. The largest absolute Gasteiger partial charge is 0.379 e. The molecule has 0 bridgehead atoms. The fraction of sp³-hybridized carbons (Fsp3) is 0.400. The lowest BCUT2D eigenvalue weighted by molar-refractivity contribution is 0.817. The van der Waals surface area contributed by atoms with Crippen molar-refractivity contribution in [3.05, 3.63) is 45.9 Å². The molecule has 1 heterocycles.